The van der Waals surface area contributed by atoms with E-state index in [1.165, 1.54) is 0 Å². The number of rotatable bonds is 0. The standard InChI is InChI=1S/C8H3Cl2IS/c9-4-2-1-3-5-6(4)7(10)8(11)12-5/h1-3H. The largest absolute Gasteiger partial charge is 0.127 e. The van der Waals surface area contributed by atoms with Gasteiger partial charge in [0.25, 0.3) is 0 Å². The topological polar surface area (TPSA) is 0 Å². The molecule has 2 rings (SSSR count). The summed E-state index contributed by atoms with van der Waals surface area (Å²) in [5, 5.41) is 2.49. The van der Waals surface area contributed by atoms with Crippen LogP contribution in [0.15, 0.2) is 18.2 Å². The molecule has 1 aromatic heterocycles. The molecule has 0 saturated heterocycles. The van der Waals surface area contributed by atoms with E-state index in [0.717, 1.165) is 23.0 Å². The van der Waals surface area contributed by atoms with Crippen molar-refractivity contribution in [1.82, 2.24) is 0 Å². The Morgan fingerprint density at radius 2 is 2.00 bits per heavy atom. The average Bonchev–Trinajstić information content (AvgIpc) is 2.29. The molecule has 2 aromatic rings. The first kappa shape index (κ1) is 9.06. The van der Waals surface area contributed by atoms with E-state index in [1.54, 1.807) is 11.3 Å². The number of hydrogen-bond donors (Lipinski definition) is 0. The van der Waals surface area contributed by atoms with Gasteiger partial charge in [-0.15, -0.1) is 11.3 Å². The normalized spacial score (nSPS) is 10.9. The number of halogens is 3. The Hall–Kier alpha value is 0.490. The lowest BCUT2D eigenvalue weighted by Gasteiger charge is -1.92. The van der Waals surface area contributed by atoms with Crippen LogP contribution in [0.25, 0.3) is 10.1 Å². The minimum absolute atomic E-state index is 0.733. The minimum atomic E-state index is 0.733. The zero-order chi connectivity index (χ0) is 8.72. The summed E-state index contributed by atoms with van der Waals surface area (Å²) < 4.78 is 2.24. The molecule has 1 heterocycles. The summed E-state index contributed by atoms with van der Waals surface area (Å²) in [6.45, 7) is 0. The maximum Gasteiger partial charge on any atom is 0.0852 e. The van der Waals surface area contributed by atoms with E-state index in [1.807, 2.05) is 18.2 Å². The molecular weight excluding hydrogens is 326 g/mol. The van der Waals surface area contributed by atoms with Crippen molar-refractivity contribution in [2.24, 2.45) is 0 Å². The van der Waals surface area contributed by atoms with Crippen LogP contribution >= 0.6 is 57.1 Å². The summed E-state index contributed by atoms with van der Waals surface area (Å²) in [7, 11) is 0. The highest BCUT2D eigenvalue weighted by atomic mass is 127. The number of hydrogen-bond acceptors (Lipinski definition) is 1. The van der Waals surface area contributed by atoms with Gasteiger partial charge in [0.2, 0.25) is 0 Å². The highest BCUT2D eigenvalue weighted by Gasteiger charge is 2.09. The molecule has 62 valence electrons. The van der Waals surface area contributed by atoms with Crippen molar-refractivity contribution < 1.29 is 0 Å². The van der Waals surface area contributed by atoms with Crippen LogP contribution in [0.5, 0.6) is 0 Å². The van der Waals surface area contributed by atoms with Crippen molar-refractivity contribution in [2.75, 3.05) is 0 Å². The fourth-order valence-electron chi connectivity index (χ4n) is 1.04. The SMILES string of the molecule is Clc1cccc2sc(I)c(Cl)c12. The molecule has 0 fully saturated rings. The third kappa shape index (κ3) is 1.35. The highest BCUT2D eigenvalue weighted by molar-refractivity contribution is 14.1. The fourth-order valence-corrected chi connectivity index (χ4v) is 3.62. The molecule has 12 heavy (non-hydrogen) atoms. The Kier molecular flexibility index (Phi) is 2.51. The summed E-state index contributed by atoms with van der Waals surface area (Å²) >= 11 is 15.9. The molecule has 0 saturated carbocycles. The average molecular weight is 329 g/mol. The summed E-state index contributed by atoms with van der Waals surface area (Å²) in [4.78, 5) is 0. The fraction of sp³-hybridized carbons (Fsp3) is 0. The lowest BCUT2D eigenvalue weighted by Crippen LogP contribution is -1.66. The first-order chi connectivity index (χ1) is 5.70. The molecule has 4 heteroatoms. The molecule has 0 aliphatic heterocycles. The van der Waals surface area contributed by atoms with E-state index >= 15 is 0 Å². The molecule has 0 aliphatic carbocycles. The van der Waals surface area contributed by atoms with E-state index in [-0.39, 0.29) is 0 Å². The van der Waals surface area contributed by atoms with Gasteiger partial charge in [0.05, 0.1) is 12.9 Å². The number of thiophene rings is 1. The molecular formula is C8H3Cl2IS. The van der Waals surface area contributed by atoms with Crippen LogP contribution in [0.3, 0.4) is 0 Å². The number of fused-ring (bicyclic) bond motifs is 1. The van der Waals surface area contributed by atoms with Gasteiger partial charge < -0.3 is 0 Å². The van der Waals surface area contributed by atoms with E-state index in [9.17, 15) is 0 Å². The third-order valence-corrected chi connectivity index (χ3v) is 4.83. The lowest BCUT2D eigenvalue weighted by atomic mass is 10.3. The lowest BCUT2D eigenvalue weighted by molar-refractivity contribution is 1.84. The van der Waals surface area contributed by atoms with Gasteiger partial charge in [0.1, 0.15) is 0 Å². The Bertz CT molecular complexity index is 436. The second kappa shape index (κ2) is 3.33. The van der Waals surface area contributed by atoms with Crippen LogP contribution in [0.2, 0.25) is 10.0 Å². The van der Waals surface area contributed by atoms with Crippen molar-refractivity contribution in [3.8, 4) is 0 Å². The molecule has 0 bridgehead atoms. The summed E-state index contributed by atoms with van der Waals surface area (Å²) in [5.74, 6) is 0. The predicted octanol–water partition coefficient (Wildman–Crippen LogP) is 4.81. The van der Waals surface area contributed by atoms with Gasteiger partial charge >= 0.3 is 0 Å². The van der Waals surface area contributed by atoms with E-state index in [0.29, 0.717) is 0 Å². The van der Waals surface area contributed by atoms with Crippen LogP contribution in [0.4, 0.5) is 0 Å². The first-order valence-electron chi connectivity index (χ1n) is 3.22. The first-order valence-corrected chi connectivity index (χ1v) is 5.87. The minimum Gasteiger partial charge on any atom is -0.127 e. The quantitative estimate of drug-likeness (QED) is 0.609. The highest BCUT2D eigenvalue weighted by Crippen LogP contribution is 2.39. The summed E-state index contributed by atoms with van der Waals surface area (Å²) in [6, 6.07) is 5.83. The molecule has 0 radical (unpaired) electrons. The molecule has 0 nitrogen and oxygen atoms in total. The molecule has 0 unspecified atom stereocenters. The Morgan fingerprint density at radius 1 is 1.25 bits per heavy atom. The van der Waals surface area contributed by atoms with E-state index < -0.39 is 0 Å². The summed E-state index contributed by atoms with van der Waals surface area (Å²) in [6.07, 6.45) is 0. The molecule has 0 atom stereocenters. The predicted molar refractivity (Wildman–Crippen MR) is 64.6 cm³/mol. The van der Waals surface area contributed by atoms with Crippen LogP contribution in [0, 0.1) is 2.88 Å². The zero-order valence-corrected chi connectivity index (χ0v) is 10.3. The van der Waals surface area contributed by atoms with Gasteiger partial charge in [-0.1, -0.05) is 29.3 Å². The van der Waals surface area contributed by atoms with Crippen LogP contribution in [0.1, 0.15) is 0 Å². The van der Waals surface area contributed by atoms with Gasteiger partial charge in [-0.2, -0.15) is 0 Å². The maximum atomic E-state index is 6.07. The summed E-state index contributed by atoms with van der Waals surface area (Å²) in [5.41, 5.74) is 0. The van der Waals surface area contributed by atoms with Crippen molar-refractivity contribution in [2.45, 2.75) is 0 Å². The molecule has 0 spiro atoms. The van der Waals surface area contributed by atoms with Gasteiger partial charge in [0.15, 0.2) is 0 Å². The van der Waals surface area contributed by atoms with Gasteiger partial charge in [-0.3, -0.25) is 0 Å². The van der Waals surface area contributed by atoms with E-state index in [4.69, 9.17) is 23.2 Å². The van der Waals surface area contributed by atoms with Crippen LogP contribution in [-0.4, -0.2) is 0 Å². The van der Waals surface area contributed by atoms with Gasteiger partial charge in [-0.25, -0.2) is 0 Å². The second-order valence-corrected chi connectivity index (χ2v) is 5.95. The van der Waals surface area contributed by atoms with Crippen molar-refractivity contribution >= 4 is 67.2 Å². The molecule has 1 aromatic carbocycles. The molecule has 0 amide bonds. The van der Waals surface area contributed by atoms with Crippen molar-refractivity contribution in [3.63, 3.8) is 0 Å². The van der Waals surface area contributed by atoms with Crippen LogP contribution in [-0.2, 0) is 0 Å². The molecule has 0 aliphatic rings. The molecule has 0 N–H and O–H groups in total. The zero-order valence-electron chi connectivity index (χ0n) is 5.77. The second-order valence-electron chi connectivity index (χ2n) is 2.30. The monoisotopic (exact) mass is 328 g/mol. The van der Waals surface area contributed by atoms with Gasteiger partial charge in [0, 0.05) is 10.1 Å². The Labute approximate surface area is 97.6 Å². The van der Waals surface area contributed by atoms with Crippen molar-refractivity contribution in [1.29, 1.82) is 0 Å². The Morgan fingerprint density at radius 3 is 2.67 bits per heavy atom. The maximum absolute atomic E-state index is 6.07. The van der Waals surface area contributed by atoms with Crippen LogP contribution < -0.4 is 0 Å². The van der Waals surface area contributed by atoms with E-state index in [2.05, 4.69) is 22.6 Å². The van der Waals surface area contributed by atoms with Crippen molar-refractivity contribution in [3.05, 3.63) is 31.1 Å². The number of benzene rings is 1. The Balaban J connectivity index is 2.97. The third-order valence-electron chi connectivity index (χ3n) is 1.57. The van der Waals surface area contributed by atoms with Gasteiger partial charge in [-0.05, 0) is 34.7 Å². The smallest absolute Gasteiger partial charge is 0.0852 e.